The highest BCUT2D eigenvalue weighted by Crippen LogP contribution is 2.38. The number of aromatic nitrogens is 1. The maximum absolute atomic E-state index is 12.7. The van der Waals surface area contributed by atoms with E-state index in [9.17, 15) is 9.59 Å². The van der Waals surface area contributed by atoms with E-state index in [0.717, 1.165) is 16.9 Å². The highest BCUT2D eigenvalue weighted by molar-refractivity contribution is 8.01. The number of anilines is 1. The zero-order valence-corrected chi connectivity index (χ0v) is 16.7. The van der Waals surface area contributed by atoms with E-state index in [4.69, 9.17) is 16.3 Å². The third-order valence-corrected chi connectivity index (χ3v) is 6.36. The van der Waals surface area contributed by atoms with Gasteiger partial charge in [0.2, 0.25) is 11.8 Å². The largest absolute Gasteiger partial charge is 0.372 e. The van der Waals surface area contributed by atoms with Crippen LogP contribution in [0.25, 0.3) is 0 Å². The standard InChI is InChI=1S/C20H20ClN3O3S/c21-14-1-2-17-16(9-14)23-20(26)18(28-17)10-19(25)24-8-5-15(11-24)27-12-13-3-6-22-7-4-13/h1-4,6-7,9,15,18H,5,8,10-12H2,(H,23,26)/t15-,18+/m0/s1. The van der Waals surface area contributed by atoms with Crippen molar-refractivity contribution in [3.05, 3.63) is 53.3 Å². The average Bonchev–Trinajstić information content (AvgIpc) is 3.17. The molecule has 0 spiro atoms. The fraction of sp³-hybridized carbons (Fsp3) is 0.350. The predicted octanol–water partition coefficient (Wildman–Crippen LogP) is 3.36. The number of nitrogens with zero attached hydrogens (tertiary/aromatic N) is 2. The fourth-order valence-electron chi connectivity index (χ4n) is 3.33. The number of thioether (sulfide) groups is 1. The number of carbonyl (C=O) groups excluding carboxylic acids is 2. The number of nitrogens with one attached hydrogen (secondary N) is 1. The molecule has 146 valence electrons. The van der Waals surface area contributed by atoms with Gasteiger partial charge in [0.15, 0.2) is 0 Å². The van der Waals surface area contributed by atoms with Crippen molar-refractivity contribution in [1.82, 2.24) is 9.88 Å². The molecule has 2 aliphatic heterocycles. The second-order valence-corrected chi connectivity index (χ2v) is 8.54. The van der Waals surface area contributed by atoms with Crippen molar-refractivity contribution in [2.24, 2.45) is 0 Å². The Balaban J connectivity index is 1.29. The van der Waals surface area contributed by atoms with Crippen LogP contribution in [0, 0.1) is 0 Å². The number of halogens is 1. The molecule has 0 radical (unpaired) electrons. The summed E-state index contributed by atoms with van der Waals surface area (Å²) in [7, 11) is 0. The number of rotatable bonds is 5. The lowest BCUT2D eigenvalue weighted by Crippen LogP contribution is -2.37. The first-order valence-electron chi connectivity index (χ1n) is 9.14. The molecule has 1 N–H and O–H groups in total. The summed E-state index contributed by atoms with van der Waals surface area (Å²) in [4.78, 5) is 31.8. The second-order valence-electron chi connectivity index (χ2n) is 6.86. The maximum Gasteiger partial charge on any atom is 0.238 e. The van der Waals surface area contributed by atoms with Gasteiger partial charge < -0.3 is 15.0 Å². The van der Waals surface area contributed by atoms with Gasteiger partial charge in [-0.25, -0.2) is 0 Å². The van der Waals surface area contributed by atoms with Gasteiger partial charge >= 0.3 is 0 Å². The Labute approximate surface area is 172 Å². The highest BCUT2D eigenvalue weighted by Gasteiger charge is 2.33. The van der Waals surface area contributed by atoms with Crippen molar-refractivity contribution in [2.45, 2.75) is 35.7 Å². The van der Waals surface area contributed by atoms with Gasteiger partial charge in [0, 0.05) is 41.8 Å². The lowest BCUT2D eigenvalue weighted by atomic mass is 10.2. The molecule has 28 heavy (non-hydrogen) atoms. The molecule has 1 saturated heterocycles. The van der Waals surface area contributed by atoms with Crippen LogP contribution >= 0.6 is 23.4 Å². The van der Waals surface area contributed by atoms with Crippen molar-refractivity contribution in [2.75, 3.05) is 18.4 Å². The third-order valence-electron chi connectivity index (χ3n) is 4.85. The molecule has 2 atom stereocenters. The van der Waals surface area contributed by atoms with Gasteiger partial charge in [-0.1, -0.05) is 11.6 Å². The summed E-state index contributed by atoms with van der Waals surface area (Å²) < 4.78 is 5.92. The SMILES string of the molecule is O=C1Nc2cc(Cl)ccc2S[C@@H]1CC(=O)N1CC[C@H](OCc2ccncc2)C1. The zero-order valence-electron chi connectivity index (χ0n) is 15.1. The minimum atomic E-state index is -0.432. The minimum absolute atomic E-state index is 0.0138. The van der Waals surface area contributed by atoms with Crippen LogP contribution in [0.1, 0.15) is 18.4 Å². The Morgan fingerprint density at radius 1 is 1.32 bits per heavy atom. The van der Waals surface area contributed by atoms with Gasteiger partial charge in [-0.05, 0) is 42.3 Å². The Kier molecular flexibility index (Phi) is 5.85. The Hall–Kier alpha value is -2.09. The predicted molar refractivity (Wildman–Crippen MR) is 108 cm³/mol. The minimum Gasteiger partial charge on any atom is -0.372 e. The van der Waals surface area contributed by atoms with Gasteiger partial charge in [0.05, 0.1) is 23.6 Å². The lowest BCUT2D eigenvalue weighted by molar-refractivity contribution is -0.132. The molecule has 2 aromatic rings. The van der Waals surface area contributed by atoms with E-state index in [1.807, 2.05) is 18.2 Å². The number of ether oxygens (including phenoxy) is 1. The van der Waals surface area contributed by atoms with E-state index in [0.29, 0.717) is 30.4 Å². The lowest BCUT2D eigenvalue weighted by Gasteiger charge is -2.25. The first kappa shape index (κ1) is 19.2. The summed E-state index contributed by atoms with van der Waals surface area (Å²) >= 11 is 7.39. The van der Waals surface area contributed by atoms with Gasteiger partial charge in [-0.3, -0.25) is 14.6 Å². The molecule has 2 amide bonds. The first-order valence-corrected chi connectivity index (χ1v) is 10.4. The molecular formula is C20H20ClN3O3S. The van der Waals surface area contributed by atoms with Crippen molar-refractivity contribution < 1.29 is 14.3 Å². The first-order chi connectivity index (χ1) is 13.6. The second kappa shape index (κ2) is 8.51. The molecule has 3 heterocycles. The highest BCUT2D eigenvalue weighted by atomic mass is 35.5. The number of pyridine rings is 1. The van der Waals surface area contributed by atoms with Crippen LogP contribution < -0.4 is 5.32 Å². The van der Waals surface area contributed by atoms with E-state index >= 15 is 0 Å². The van der Waals surface area contributed by atoms with Crippen molar-refractivity contribution in [3.8, 4) is 0 Å². The molecule has 0 saturated carbocycles. The van der Waals surface area contributed by atoms with Gasteiger partial charge in [0.25, 0.3) is 0 Å². The van der Waals surface area contributed by atoms with Crippen molar-refractivity contribution in [1.29, 1.82) is 0 Å². The molecule has 0 bridgehead atoms. The van der Waals surface area contributed by atoms with Crippen LogP contribution in [-0.4, -0.2) is 46.1 Å². The van der Waals surface area contributed by atoms with Crippen molar-refractivity contribution >= 4 is 40.9 Å². The molecule has 8 heteroatoms. The van der Waals surface area contributed by atoms with Crippen molar-refractivity contribution in [3.63, 3.8) is 0 Å². The van der Waals surface area contributed by atoms with E-state index in [2.05, 4.69) is 10.3 Å². The van der Waals surface area contributed by atoms with Gasteiger partial charge in [0.1, 0.15) is 0 Å². The molecule has 1 fully saturated rings. The summed E-state index contributed by atoms with van der Waals surface area (Å²) in [6.45, 7) is 1.73. The molecule has 1 aromatic carbocycles. The Morgan fingerprint density at radius 2 is 2.14 bits per heavy atom. The number of carbonyl (C=O) groups is 2. The summed E-state index contributed by atoms with van der Waals surface area (Å²) in [6.07, 6.45) is 4.48. The van der Waals surface area contributed by atoms with E-state index < -0.39 is 5.25 Å². The van der Waals surface area contributed by atoms with Crippen LogP contribution in [0.2, 0.25) is 5.02 Å². The molecule has 6 nitrogen and oxygen atoms in total. The van der Waals surface area contributed by atoms with E-state index in [1.165, 1.54) is 11.8 Å². The normalized spacial score (nSPS) is 21.3. The summed E-state index contributed by atoms with van der Waals surface area (Å²) in [5.41, 5.74) is 1.77. The van der Waals surface area contributed by atoms with E-state index in [-0.39, 0.29) is 24.3 Å². The molecule has 4 rings (SSSR count). The maximum atomic E-state index is 12.7. The summed E-state index contributed by atoms with van der Waals surface area (Å²) in [5.74, 6) is -0.169. The Bertz CT molecular complexity index is 880. The van der Waals surface area contributed by atoms with Crippen LogP contribution in [0.15, 0.2) is 47.6 Å². The topological polar surface area (TPSA) is 71.5 Å². The van der Waals surface area contributed by atoms with Gasteiger partial charge in [-0.2, -0.15) is 0 Å². The van der Waals surface area contributed by atoms with Gasteiger partial charge in [-0.15, -0.1) is 11.8 Å². The molecular weight excluding hydrogens is 398 g/mol. The Morgan fingerprint density at radius 3 is 2.96 bits per heavy atom. The van der Waals surface area contributed by atoms with E-state index in [1.54, 1.807) is 29.4 Å². The van der Waals surface area contributed by atoms with Crippen LogP contribution in [0.5, 0.6) is 0 Å². The molecule has 1 aromatic heterocycles. The summed E-state index contributed by atoms with van der Waals surface area (Å²) in [6, 6.07) is 9.22. The smallest absolute Gasteiger partial charge is 0.238 e. The molecule has 0 aliphatic carbocycles. The zero-order chi connectivity index (χ0) is 19.5. The summed E-state index contributed by atoms with van der Waals surface area (Å²) in [5, 5.41) is 2.99. The number of hydrogen-bond acceptors (Lipinski definition) is 5. The van der Waals surface area contributed by atoms with Crippen LogP contribution in [0.4, 0.5) is 5.69 Å². The average molecular weight is 418 g/mol. The van der Waals surface area contributed by atoms with Crippen LogP contribution in [0.3, 0.4) is 0 Å². The monoisotopic (exact) mass is 417 g/mol. The number of amides is 2. The quantitative estimate of drug-likeness (QED) is 0.807. The number of hydrogen-bond donors (Lipinski definition) is 1. The van der Waals surface area contributed by atoms with Crippen LogP contribution in [-0.2, 0) is 20.9 Å². The number of fused-ring (bicyclic) bond motifs is 1. The molecule has 0 unspecified atom stereocenters. The fourth-order valence-corrected chi connectivity index (χ4v) is 4.58. The molecule has 2 aliphatic rings. The third kappa shape index (κ3) is 4.48. The number of benzene rings is 1. The number of likely N-dealkylation sites (tertiary alicyclic amines) is 1.